The lowest BCUT2D eigenvalue weighted by molar-refractivity contribution is 0.402. The fourth-order valence-electron chi connectivity index (χ4n) is 2.43. The molecule has 1 N–H and O–H groups in total. The van der Waals surface area contributed by atoms with Gasteiger partial charge in [0.15, 0.2) is 5.76 Å². The van der Waals surface area contributed by atoms with Crippen LogP contribution in [0.1, 0.15) is 11.3 Å². The number of benzene rings is 2. The van der Waals surface area contributed by atoms with E-state index >= 15 is 0 Å². The first kappa shape index (κ1) is 17.0. The molecule has 0 aliphatic rings. The Balaban J connectivity index is 2.08. The molecule has 2 aromatic carbocycles. The van der Waals surface area contributed by atoms with Crippen molar-refractivity contribution in [2.45, 2.75) is 18.7 Å². The second-order valence-corrected chi connectivity index (χ2v) is 7.21. The van der Waals surface area contributed by atoms with E-state index in [2.05, 4.69) is 9.88 Å². The molecule has 0 saturated carbocycles. The Labute approximate surface area is 146 Å². The maximum atomic E-state index is 12.8. The fraction of sp³-hybridized carbons (Fsp3) is 0.167. The van der Waals surface area contributed by atoms with Gasteiger partial charge in [0.1, 0.15) is 10.6 Å². The van der Waals surface area contributed by atoms with E-state index in [0.717, 1.165) is 11.3 Å². The van der Waals surface area contributed by atoms with Crippen LogP contribution >= 0.6 is 0 Å². The monoisotopic (exact) mass is 358 g/mol. The molecule has 1 aromatic heterocycles. The maximum absolute atomic E-state index is 12.8. The third-order valence-corrected chi connectivity index (χ3v) is 5.30. The van der Waals surface area contributed by atoms with Crippen molar-refractivity contribution in [1.29, 1.82) is 0 Å². The average Bonchev–Trinajstić information content (AvgIpc) is 2.94. The number of sulfonamides is 1. The minimum absolute atomic E-state index is 0.0322. The van der Waals surface area contributed by atoms with Gasteiger partial charge in [-0.1, -0.05) is 23.4 Å². The van der Waals surface area contributed by atoms with Crippen molar-refractivity contribution in [3.05, 3.63) is 59.8 Å². The van der Waals surface area contributed by atoms with Crippen molar-refractivity contribution >= 4 is 15.7 Å². The Morgan fingerprint density at radius 1 is 1.08 bits per heavy atom. The van der Waals surface area contributed by atoms with Gasteiger partial charge in [-0.05, 0) is 44.2 Å². The summed E-state index contributed by atoms with van der Waals surface area (Å²) in [6, 6.07) is 13.6. The molecule has 0 unspecified atom stereocenters. The predicted molar refractivity (Wildman–Crippen MR) is 95.2 cm³/mol. The van der Waals surface area contributed by atoms with Gasteiger partial charge in [0.05, 0.1) is 12.8 Å². The largest absolute Gasteiger partial charge is 0.495 e. The molecule has 0 bridgehead atoms. The second-order valence-electron chi connectivity index (χ2n) is 5.56. The maximum Gasteiger partial charge on any atom is 0.265 e. The minimum Gasteiger partial charge on any atom is -0.495 e. The standard InChI is InChI=1S/C18H18N2O4S/c1-12-13(2)19-24-18(12)14-9-10-16(23-3)17(11-14)25(21,22)20-15-7-5-4-6-8-15/h4-11,20H,1-3H3. The van der Waals surface area contributed by atoms with Crippen molar-refractivity contribution in [3.8, 4) is 17.1 Å². The lowest BCUT2D eigenvalue weighted by Crippen LogP contribution is -2.14. The number of nitrogens with zero attached hydrogens (tertiary/aromatic N) is 1. The zero-order chi connectivity index (χ0) is 18.0. The second kappa shape index (κ2) is 6.60. The van der Waals surface area contributed by atoms with E-state index in [-0.39, 0.29) is 10.6 Å². The lowest BCUT2D eigenvalue weighted by atomic mass is 10.1. The first-order valence-corrected chi connectivity index (χ1v) is 9.10. The Bertz CT molecular complexity index is 995. The highest BCUT2D eigenvalue weighted by atomic mass is 32.2. The molecule has 0 spiro atoms. The van der Waals surface area contributed by atoms with Crippen molar-refractivity contribution in [1.82, 2.24) is 5.16 Å². The molecule has 0 fully saturated rings. The highest BCUT2D eigenvalue weighted by Crippen LogP contribution is 2.33. The number of aryl methyl sites for hydroxylation is 1. The first-order valence-electron chi connectivity index (χ1n) is 7.61. The van der Waals surface area contributed by atoms with Crippen molar-refractivity contribution in [3.63, 3.8) is 0 Å². The van der Waals surface area contributed by atoms with E-state index in [9.17, 15) is 8.42 Å². The average molecular weight is 358 g/mol. The summed E-state index contributed by atoms with van der Waals surface area (Å²) in [5, 5.41) is 3.92. The van der Waals surface area contributed by atoms with Crippen LogP contribution < -0.4 is 9.46 Å². The number of aromatic nitrogens is 1. The molecule has 0 aliphatic heterocycles. The van der Waals surface area contributed by atoms with Gasteiger partial charge in [-0.25, -0.2) is 8.42 Å². The molecule has 3 rings (SSSR count). The number of rotatable bonds is 5. The molecule has 0 atom stereocenters. The molecule has 0 amide bonds. The van der Waals surface area contributed by atoms with E-state index in [4.69, 9.17) is 9.26 Å². The Hall–Kier alpha value is -2.80. The SMILES string of the molecule is COc1ccc(-c2onc(C)c2C)cc1S(=O)(=O)Nc1ccccc1. The number of methoxy groups -OCH3 is 1. The van der Waals surface area contributed by atoms with Crippen molar-refractivity contribution in [2.24, 2.45) is 0 Å². The fourth-order valence-corrected chi connectivity index (χ4v) is 3.68. The summed E-state index contributed by atoms with van der Waals surface area (Å²) in [6.07, 6.45) is 0. The van der Waals surface area contributed by atoms with Crippen LogP contribution in [0.15, 0.2) is 57.9 Å². The summed E-state index contributed by atoms with van der Waals surface area (Å²) in [5.41, 5.74) is 2.72. The summed E-state index contributed by atoms with van der Waals surface area (Å²) in [6.45, 7) is 3.71. The van der Waals surface area contributed by atoms with Gasteiger partial charge in [0, 0.05) is 16.8 Å². The van der Waals surface area contributed by atoms with E-state index in [0.29, 0.717) is 17.0 Å². The van der Waals surface area contributed by atoms with Gasteiger partial charge in [-0.3, -0.25) is 4.72 Å². The van der Waals surface area contributed by atoms with Crippen molar-refractivity contribution in [2.75, 3.05) is 11.8 Å². The van der Waals surface area contributed by atoms with Crippen LogP contribution in [0, 0.1) is 13.8 Å². The molecule has 0 aliphatic carbocycles. The van der Waals surface area contributed by atoms with E-state index in [1.807, 2.05) is 19.9 Å². The van der Waals surface area contributed by atoms with Crippen LogP contribution in [0.5, 0.6) is 5.75 Å². The number of anilines is 1. The first-order chi connectivity index (χ1) is 11.9. The van der Waals surface area contributed by atoms with Crippen LogP contribution in [0.25, 0.3) is 11.3 Å². The smallest absolute Gasteiger partial charge is 0.265 e. The molecule has 0 saturated heterocycles. The zero-order valence-corrected chi connectivity index (χ0v) is 14.9. The van der Waals surface area contributed by atoms with Crippen LogP contribution in [-0.2, 0) is 10.0 Å². The summed E-state index contributed by atoms with van der Waals surface area (Å²) in [7, 11) is -2.40. The third-order valence-electron chi connectivity index (χ3n) is 3.90. The lowest BCUT2D eigenvalue weighted by Gasteiger charge is -2.12. The minimum atomic E-state index is -3.83. The Kier molecular flexibility index (Phi) is 4.50. The summed E-state index contributed by atoms with van der Waals surface area (Å²) in [4.78, 5) is 0.0322. The highest BCUT2D eigenvalue weighted by molar-refractivity contribution is 7.92. The van der Waals surface area contributed by atoms with E-state index in [1.54, 1.807) is 36.4 Å². The molecular weight excluding hydrogens is 340 g/mol. The zero-order valence-electron chi connectivity index (χ0n) is 14.1. The van der Waals surface area contributed by atoms with Gasteiger partial charge in [-0.15, -0.1) is 0 Å². The highest BCUT2D eigenvalue weighted by Gasteiger charge is 2.22. The number of hydrogen-bond donors (Lipinski definition) is 1. The van der Waals surface area contributed by atoms with Crippen LogP contribution in [0.4, 0.5) is 5.69 Å². The molecule has 7 heteroatoms. The molecule has 130 valence electrons. The van der Waals surface area contributed by atoms with E-state index in [1.165, 1.54) is 13.2 Å². The molecular formula is C18H18N2O4S. The summed E-state index contributed by atoms with van der Waals surface area (Å²) in [5.74, 6) is 0.789. The van der Waals surface area contributed by atoms with Gasteiger partial charge < -0.3 is 9.26 Å². The quantitative estimate of drug-likeness (QED) is 0.751. The molecule has 1 heterocycles. The van der Waals surface area contributed by atoms with Crippen LogP contribution in [-0.4, -0.2) is 20.7 Å². The number of hydrogen-bond acceptors (Lipinski definition) is 5. The van der Waals surface area contributed by atoms with Gasteiger partial charge in [0.2, 0.25) is 0 Å². The van der Waals surface area contributed by atoms with Gasteiger partial charge in [0.25, 0.3) is 10.0 Å². The molecule has 3 aromatic rings. The number of para-hydroxylation sites is 1. The van der Waals surface area contributed by atoms with E-state index < -0.39 is 10.0 Å². The predicted octanol–water partition coefficient (Wildman–Crippen LogP) is 3.77. The van der Waals surface area contributed by atoms with Gasteiger partial charge in [-0.2, -0.15) is 0 Å². The van der Waals surface area contributed by atoms with Crippen LogP contribution in [0.2, 0.25) is 0 Å². The normalized spacial score (nSPS) is 11.3. The summed E-state index contributed by atoms with van der Waals surface area (Å²) < 4.78 is 38.8. The Morgan fingerprint density at radius 2 is 1.80 bits per heavy atom. The topological polar surface area (TPSA) is 81.4 Å². The molecule has 6 nitrogen and oxygen atoms in total. The van der Waals surface area contributed by atoms with Gasteiger partial charge >= 0.3 is 0 Å². The summed E-state index contributed by atoms with van der Waals surface area (Å²) >= 11 is 0. The Morgan fingerprint density at radius 3 is 2.40 bits per heavy atom. The molecule has 0 radical (unpaired) electrons. The van der Waals surface area contributed by atoms with Crippen LogP contribution in [0.3, 0.4) is 0 Å². The molecule has 25 heavy (non-hydrogen) atoms. The third kappa shape index (κ3) is 3.36. The number of nitrogens with one attached hydrogen (secondary N) is 1. The number of ether oxygens (including phenoxy) is 1. The van der Waals surface area contributed by atoms with Crippen molar-refractivity contribution < 1.29 is 17.7 Å².